The number of ether oxygens (including phenoxy) is 2. The first kappa shape index (κ1) is 22.1. The Balaban J connectivity index is 1.85. The molecule has 0 heterocycles. The minimum absolute atomic E-state index is 0.0931. The maximum absolute atomic E-state index is 12.1. The van der Waals surface area contributed by atoms with Crippen LogP contribution in [0.3, 0.4) is 0 Å². The van der Waals surface area contributed by atoms with Crippen molar-refractivity contribution >= 4 is 17.6 Å². The lowest BCUT2D eigenvalue weighted by molar-refractivity contribution is -0.121. The van der Waals surface area contributed by atoms with Gasteiger partial charge >= 0.3 is 6.03 Å². The molecule has 0 bridgehead atoms. The third-order valence-electron chi connectivity index (χ3n) is 4.12. The number of carbonyl (C=O) groups is 2. The number of amides is 3. The van der Waals surface area contributed by atoms with E-state index in [1.807, 2.05) is 38.1 Å². The van der Waals surface area contributed by atoms with Crippen molar-refractivity contribution in [2.75, 3.05) is 18.5 Å². The van der Waals surface area contributed by atoms with E-state index in [0.717, 1.165) is 5.56 Å². The molecule has 0 aliphatic carbocycles. The molecule has 29 heavy (non-hydrogen) atoms. The Bertz CT molecular complexity index is 819. The van der Waals surface area contributed by atoms with E-state index in [9.17, 15) is 9.59 Å². The summed E-state index contributed by atoms with van der Waals surface area (Å²) in [5, 5.41) is 2.67. The maximum Gasteiger partial charge on any atom is 0.337 e. The van der Waals surface area contributed by atoms with Crippen molar-refractivity contribution < 1.29 is 19.1 Å². The molecule has 0 unspecified atom stereocenters. The lowest BCUT2D eigenvalue weighted by Crippen LogP contribution is -2.44. The van der Waals surface area contributed by atoms with Crippen molar-refractivity contribution in [3.05, 3.63) is 53.6 Å². The molecule has 3 N–H and O–H groups in total. The first-order valence-electron chi connectivity index (χ1n) is 9.77. The van der Waals surface area contributed by atoms with Gasteiger partial charge in [-0.25, -0.2) is 10.2 Å². The zero-order valence-electron chi connectivity index (χ0n) is 17.4. The highest BCUT2D eigenvalue weighted by Gasteiger charge is 2.10. The third-order valence-corrected chi connectivity index (χ3v) is 4.12. The van der Waals surface area contributed by atoms with Crippen LogP contribution >= 0.6 is 0 Å². The molecule has 7 nitrogen and oxygen atoms in total. The van der Waals surface area contributed by atoms with Gasteiger partial charge in [-0.1, -0.05) is 32.0 Å². The number of hydrogen-bond donors (Lipinski definition) is 3. The SMILES string of the molecule is CCOc1ccc(CC(=O)NNC(=O)Nc2ccc(C(C)C)cc2)cc1OCC. The molecule has 0 spiro atoms. The van der Waals surface area contributed by atoms with Crippen molar-refractivity contribution in [2.24, 2.45) is 0 Å². The van der Waals surface area contributed by atoms with Gasteiger partial charge in [-0.3, -0.25) is 10.2 Å². The van der Waals surface area contributed by atoms with Crippen LogP contribution in [0.1, 0.15) is 44.7 Å². The van der Waals surface area contributed by atoms with Gasteiger partial charge in [0.25, 0.3) is 0 Å². The summed E-state index contributed by atoms with van der Waals surface area (Å²) in [7, 11) is 0. The van der Waals surface area contributed by atoms with Gasteiger partial charge in [-0.15, -0.1) is 0 Å². The molecular formula is C22H29N3O4. The first-order valence-corrected chi connectivity index (χ1v) is 9.77. The predicted molar refractivity (Wildman–Crippen MR) is 113 cm³/mol. The number of anilines is 1. The van der Waals surface area contributed by atoms with Crippen LogP contribution in [0.5, 0.6) is 11.5 Å². The molecule has 2 aromatic carbocycles. The lowest BCUT2D eigenvalue weighted by atomic mass is 10.0. The molecule has 2 rings (SSSR count). The molecule has 0 saturated heterocycles. The minimum Gasteiger partial charge on any atom is -0.490 e. The highest BCUT2D eigenvalue weighted by Crippen LogP contribution is 2.28. The number of hydrogen-bond acceptors (Lipinski definition) is 4. The van der Waals surface area contributed by atoms with Crippen molar-refractivity contribution in [3.63, 3.8) is 0 Å². The second-order valence-corrected chi connectivity index (χ2v) is 6.73. The Kier molecular flexibility index (Phi) is 8.33. The van der Waals surface area contributed by atoms with Crippen LogP contribution in [0.4, 0.5) is 10.5 Å². The van der Waals surface area contributed by atoms with Crippen LogP contribution in [0, 0.1) is 0 Å². The van der Waals surface area contributed by atoms with E-state index in [1.54, 1.807) is 18.2 Å². The molecule has 0 radical (unpaired) electrons. The number of carbonyl (C=O) groups excluding carboxylic acids is 2. The molecule has 0 atom stereocenters. The smallest absolute Gasteiger partial charge is 0.337 e. The Morgan fingerprint density at radius 1 is 0.897 bits per heavy atom. The quantitative estimate of drug-likeness (QED) is 0.585. The highest BCUT2D eigenvalue weighted by atomic mass is 16.5. The van der Waals surface area contributed by atoms with Gasteiger partial charge < -0.3 is 14.8 Å². The van der Waals surface area contributed by atoms with E-state index < -0.39 is 6.03 Å². The summed E-state index contributed by atoms with van der Waals surface area (Å²) in [5.74, 6) is 1.31. The van der Waals surface area contributed by atoms with Gasteiger partial charge in [-0.05, 0) is 55.2 Å². The molecule has 0 aromatic heterocycles. The number of nitrogens with one attached hydrogen (secondary N) is 3. The van der Waals surface area contributed by atoms with Crippen LogP contribution in [-0.4, -0.2) is 25.2 Å². The Labute approximate surface area is 171 Å². The maximum atomic E-state index is 12.1. The first-order chi connectivity index (χ1) is 13.9. The monoisotopic (exact) mass is 399 g/mol. The average molecular weight is 399 g/mol. The van der Waals surface area contributed by atoms with E-state index in [-0.39, 0.29) is 12.3 Å². The van der Waals surface area contributed by atoms with Crippen LogP contribution in [-0.2, 0) is 11.2 Å². The molecule has 2 aromatic rings. The van der Waals surface area contributed by atoms with Gasteiger partial charge in [-0.2, -0.15) is 0 Å². The van der Waals surface area contributed by atoms with Gasteiger partial charge in [0.05, 0.1) is 19.6 Å². The number of urea groups is 1. The van der Waals surface area contributed by atoms with Crippen LogP contribution < -0.4 is 25.6 Å². The van der Waals surface area contributed by atoms with Crippen molar-refractivity contribution in [2.45, 2.75) is 40.0 Å². The molecule has 0 aliphatic rings. The largest absolute Gasteiger partial charge is 0.490 e. The van der Waals surface area contributed by atoms with Gasteiger partial charge in [0, 0.05) is 5.69 Å². The molecule has 0 saturated carbocycles. The summed E-state index contributed by atoms with van der Waals surface area (Å²) in [5.41, 5.74) is 7.34. The third kappa shape index (κ3) is 7.03. The fourth-order valence-electron chi connectivity index (χ4n) is 2.68. The molecule has 0 aliphatic heterocycles. The Hall–Kier alpha value is -3.22. The summed E-state index contributed by atoms with van der Waals surface area (Å²) in [6.45, 7) is 9.01. The van der Waals surface area contributed by atoms with E-state index in [2.05, 4.69) is 30.0 Å². The normalized spacial score (nSPS) is 10.4. The average Bonchev–Trinajstić information content (AvgIpc) is 2.69. The van der Waals surface area contributed by atoms with Crippen LogP contribution in [0.25, 0.3) is 0 Å². The number of benzene rings is 2. The zero-order chi connectivity index (χ0) is 21.2. The predicted octanol–water partition coefficient (Wildman–Crippen LogP) is 4.00. The van der Waals surface area contributed by atoms with Gasteiger partial charge in [0.1, 0.15) is 0 Å². The molecule has 0 fully saturated rings. The minimum atomic E-state index is -0.516. The van der Waals surface area contributed by atoms with E-state index in [1.165, 1.54) is 5.56 Å². The Morgan fingerprint density at radius 2 is 1.55 bits per heavy atom. The summed E-state index contributed by atoms with van der Waals surface area (Å²) >= 11 is 0. The summed E-state index contributed by atoms with van der Waals surface area (Å²) in [6, 6.07) is 12.4. The van der Waals surface area contributed by atoms with E-state index in [4.69, 9.17) is 9.47 Å². The second kappa shape index (κ2) is 10.9. The highest BCUT2D eigenvalue weighted by molar-refractivity contribution is 5.91. The standard InChI is InChI=1S/C22H29N3O4/c1-5-28-19-12-7-16(13-20(19)29-6-2)14-21(26)24-25-22(27)23-18-10-8-17(9-11-18)15(3)4/h7-13,15H,5-6,14H2,1-4H3,(H,24,26)(H2,23,25,27). The topological polar surface area (TPSA) is 88.7 Å². The summed E-state index contributed by atoms with van der Waals surface area (Å²) in [4.78, 5) is 24.1. The fraction of sp³-hybridized carbons (Fsp3) is 0.364. The number of hydrazine groups is 1. The van der Waals surface area contributed by atoms with E-state index in [0.29, 0.717) is 36.3 Å². The number of rotatable bonds is 8. The summed E-state index contributed by atoms with van der Waals surface area (Å²) < 4.78 is 11.1. The molecule has 156 valence electrons. The molecular weight excluding hydrogens is 370 g/mol. The van der Waals surface area contributed by atoms with E-state index >= 15 is 0 Å². The second-order valence-electron chi connectivity index (χ2n) is 6.73. The van der Waals surface area contributed by atoms with Crippen molar-refractivity contribution in [1.82, 2.24) is 10.9 Å². The van der Waals surface area contributed by atoms with Crippen molar-refractivity contribution in [3.8, 4) is 11.5 Å². The van der Waals surface area contributed by atoms with Crippen molar-refractivity contribution in [1.29, 1.82) is 0 Å². The van der Waals surface area contributed by atoms with Crippen LogP contribution in [0.2, 0.25) is 0 Å². The Morgan fingerprint density at radius 3 is 2.17 bits per heavy atom. The van der Waals surface area contributed by atoms with Crippen LogP contribution in [0.15, 0.2) is 42.5 Å². The molecule has 3 amide bonds. The van der Waals surface area contributed by atoms with Gasteiger partial charge in [0.15, 0.2) is 11.5 Å². The fourth-order valence-corrected chi connectivity index (χ4v) is 2.68. The zero-order valence-corrected chi connectivity index (χ0v) is 17.4. The summed E-state index contributed by atoms with van der Waals surface area (Å²) in [6.07, 6.45) is 0.0931. The molecule has 7 heteroatoms. The van der Waals surface area contributed by atoms with Gasteiger partial charge in [0.2, 0.25) is 5.91 Å². The lowest BCUT2D eigenvalue weighted by Gasteiger charge is -2.13.